The van der Waals surface area contributed by atoms with E-state index in [-0.39, 0.29) is 9.79 Å². The lowest BCUT2D eigenvalue weighted by Crippen LogP contribution is -2.11. The highest BCUT2D eigenvalue weighted by Gasteiger charge is 2.45. The molecular weight excluding hydrogens is 302 g/mol. The second kappa shape index (κ2) is 4.51. The summed E-state index contributed by atoms with van der Waals surface area (Å²) < 4.78 is 46.9. The molecule has 108 valence electrons. The number of aliphatic imine (C=N–C) groups is 1. The lowest BCUT2D eigenvalue weighted by atomic mass is 10.1. The lowest BCUT2D eigenvalue weighted by molar-refractivity contribution is 0.556. The highest BCUT2D eigenvalue weighted by molar-refractivity contribution is 7.93. The van der Waals surface area contributed by atoms with E-state index in [9.17, 15) is 21.6 Å². The first kappa shape index (κ1) is 14.9. The minimum atomic E-state index is -3.71. The zero-order valence-electron chi connectivity index (χ0n) is 11.0. The summed E-state index contributed by atoms with van der Waals surface area (Å²) >= 11 is 0. The molecule has 0 atom stereocenters. The number of sulfone groups is 2. The van der Waals surface area contributed by atoms with Gasteiger partial charge < -0.3 is 0 Å². The Hall–Kier alpha value is -1.50. The number of carbonyl (C=O) groups excluding carboxylic acids is 1. The topological polar surface area (TPSA) is 97.7 Å². The van der Waals surface area contributed by atoms with Crippen molar-refractivity contribution in [2.75, 3.05) is 12.5 Å². The Morgan fingerprint density at radius 1 is 1.05 bits per heavy atom. The number of hydrogen-bond acceptors (Lipinski definition) is 6. The molecule has 2 rings (SSSR count). The quantitative estimate of drug-likeness (QED) is 0.605. The van der Waals surface area contributed by atoms with Crippen molar-refractivity contribution in [2.24, 2.45) is 4.99 Å². The van der Waals surface area contributed by atoms with Gasteiger partial charge in [0, 0.05) is 12.5 Å². The van der Waals surface area contributed by atoms with E-state index < -0.39 is 25.2 Å². The molecule has 0 N–H and O–H groups in total. The van der Waals surface area contributed by atoms with Crippen LogP contribution in [0.1, 0.15) is 18.4 Å². The number of hydrogen-bond donors (Lipinski definition) is 0. The number of rotatable bonds is 4. The van der Waals surface area contributed by atoms with Crippen molar-refractivity contribution < 1.29 is 21.6 Å². The molecule has 0 bridgehead atoms. The predicted molar refractivity (Wildman–Crippen MR) is 71.7 cm³/mol. The molecule has 0 saturated heterocycles. The molecule has 8 heteroatoms. The molecule has 0 spiro atoms. The highest BCUT2D eigenvalue weighted by atomic mass is 32.2. The Balaban J connectivity index is 2.72. The van der Waals surface area contributed by atoms with Gasteiger partial charge in [-0.15, -0.1) is 0 Å². The van der Waals surface area contributed by atoms with Gasteiger partial charge in [0.05, 0.1) is 15.3 Å². The van der Waals surface area contributed by atoms with Gasteiger partial charge in [0.2, 0.25) is 6.08 Å². The van der Waals surface area contributed by atoms with Gasteiger partial charge in [-0.25, -0.2) is 21.6 Å². The summed E-state index contributed by atoms with van der Waals surface area (Å²) in [5, 5.41) is 0. The van der Waals surface area contributed by atoms with Crippen LogP contribution in [0, 0.1) is 0 Å². The van der Waals surface area contributed by atoms with Crippen molar-refractivity contribution in [3.63, 3.8) is 0 Å². The van der Waals surface area contributed by atoms with E-state index in [1.807, 2.05) is 0 Å². The first-order chi connectivity index (χ1) is 9.10. The Labute approximate surface area is 117 Å². The second-order valence-electron chi connectivity index (χ2n) is 4.94. The van der Waals surface area contributed by atoms with Crippen LogP contribution in [-0.4, -0.2) is 35.4 Å². The zero-order valence-corrected chi connectivity index (χ0v) is 12.6. The molecule has 20 heavy (non-hydrogen) atoms. The second-order valence-corrected chi connectivity index (χ2v) is 8.91. The molecule has 1 aromatic carbocycles. The third-order valence-electron chi connectivity index (χ3n) is 3.26. The molecule has 0 radical (unpaired) electrons. The Morgan fingerprint density at radius 2 is 1.60 bits per heavy atom. The molecule has 0 aliphatic heterocycles. The molecule has 1 aliphatic rings. The van der Waals surface area contributed by atoms with Gasteiger partial charge in [-0.3, -0.25) is 0 Å². The molecule has 1 aromatic rings. The van der Waals surface area contributed by atoms with Crippen molar-refractivity contribution in [1.82, 2.24) is 0 Å². The van der Waals surface area contributed by atoms with Crippen LogP contribution in [0.2, 0.25) is 0 Å². The average molecular weight is 315 g/mol. The SMILES string of the molecule is CS(=O)(=O)c1ccc(C2(N=C=O)CC2)cc1S(C)(=O)=O. The first-order valence-corrected chi connectivity index (χ1v) is 9.52. The number of isocyanates is 1. The van der Waals surface area contributed by atoms with Gasteiger partial charge in [0.25, 0.3) is 0 Å². The van der Waals surface area contributed by atoms with Crippen LogP contribution < -0.4 is 0 Å². The van der Waals surface area contributed by atoms with E-state index in [0.717, 1.165) is 12.5 Å². The smallest absolute Gasteiger partial charge is 0.224 e. The molecular formula is C12H13NO5S2. The van der Waals surface area contributed by atoms with Gasteiger partial charge in [-0.1, -0.05) is 6.07 Å². The Morgan fingerprint density at radius 3 is 2.00 bits per heavy atom. The highest BCUT2D eigenvalue weighted by Crippen LogP contribution is 2.49. The van der Waals surface area contributed by atoms with Crippen molar-refractivity contribution in [3.05, 3.63) is 23.8 Å². The maximum Gasteiger partial charge on any atom is 0.235 e. The summed E-state index contributed by atoms with van der Waals surface area (Å²) in [5.74, 6) is 0. The average Bonchev–Trinajstić information content (AvgIpc) is 3.07. The third kappa shape index (κ3) is 2.67. The van der Waals surface area contributed by atoms with Crippen LogP contribution in [0.3, 0.4) is 0 Å². The molecule has 0 amide bonds. The van der Waals surface area contributed by atoms with Crippen molar-refractivity contribution in [1.29, 1.82) is 0 Å². The van der Waals surface area contributed by atoms with Crippen molar-refractivity contribution in [3.8, 4) is 0 Å². The van der Waals surface area contributed by atoms with Crippen molar-refractivity contribution in [2.45, 2.75) is 28.2 Å². The summed E-state index contributed by atoms with van der Waals surface area (Å²) in [6.45, 7) is 0. The van der Waals surface area contributed by atoms with Gasteiger partial charge in [-0.05, 0) is 30.5 Å². The Kier molecular flexibility index (Phi) is 3.36. The molecule has 0 heterocycles. The van der Waals surface area contributed by atoms with Crippen LogP contribution in [0.25, 0.3) is 0 Å². The van der Waals surface area contributed by atoms with Gasteiger partial charge in [0.1, 0.15) is 0 Å². The normalized spacial score (nSPS) is 17.3. The maximum atomic E-state index is 11.8. The number of nitrogens with zero attached hydrogens (tertiary/aromatic N) is 1. The van der Waals surface area contributed by atoms with E-state index in [1.54, 1.807) is 0 Å². The van der Waals surface area contributed by atoms with Gasteiger partial charge in [-0.2, -0.15) is 4.99 Å². The van der Waals surface area contributed by atoms with E-state index in [2.05, 4.69) is 4.99 Å². The minimum Gasteiger partial charge on any atom is -0.224 e. The Bertz CT molecular complexity index is 813. The van der Waals surface area contributed by atoms with Crippen LogP contribution in [0.15, 0.2) is 33.0 Å². The van der Waals surface area contributed by atoms with Gasteiger partial charge >= 0.3 is 0 Å². The minimum absolute atomic E-state index is 0.241. The summed E-state index contributed by atoms with van der Waals surface area (Å²) in [4.78, 5) is 13.6. The van der Waals surface area contributed by atoms with Gasteiger partial charge in [0.15, 0.2) is 19.7 Å². The fraction of sp³-hybridized carbons (Fsp3) is 0.417. The fourth-order valence-electron chi connectivity index (χ4n) is 2.06. The summed E-state index contributed by atoms with van der Waals surface area (Å²) in [5.41, 5.74) is -0.217. The standard InChI is InChI=1S/C12H13NO5S2/c1-19(15,16)10-4-3-9(7-11(10)20(2,17)18)12(5-6-12)13-8-14/h3-4,7H,5-6H2,1-2H3. The van der Waals surface area contributed by atoms with Crippen molar-refractivity contribution >= 4 is 25.8 Å². The molecule has 1 aliphatic carbocycles. The van der Waals surface area contributed by atoms with Crippen LogP contribution in [0.4, 0.5) is 0 Å². The molecule has 0 unspecified atom stereocenters. The summed E-state index contributed by atoms with van der Waals surface area (Å²) in [6, 6.07) is 4.04. The lowest BCUT2D eigenvalue weighted by Gasteiger charge is -2.12. The van der Waals surface area contributed by atoms with Crippen LogP contribution >= 0.6 is 0 Å². The zero-order chi connectivity index (χ0) is 15.2. The van der Waals surface area contributed by atoms with E-state index >= 15 is 0 Å². The van der Waals surface area contributed by atoms with E-state index in [4.69, 9.17) is 0 Å². The predicted octanol–water partition coefficient (Wildman–Crippen LogP) is 0.819. The molecule has 0 aromatic heterocycles. The largest absolute Gasteiger partial charge is 0.235 e. The first-order valence-electron chi connectivity index (χ1n) is 5.74. The van der Waals surface area contributed by atoms with Crippen LogP contribution in [-0.2, 0) is 30.0 Å². The fourth-order valence-corrected chi connectivity index (χ4v) is 4.49. The molecule has 6 nitrogen and oxygen atoms in total. The summed E-state index contributed by atoms with van der Waals surface area (Å²) in [6.07, 6.45) is 4.61. The van der Waals surface area contributed by atoms with Crippen LogP contribution in [0.5, 0.6) is 0 Å². The maximum absolute atomic E-state index is 11.8. The number of benzene rings is 1. The summed E-state index contributed by atoms with van der Waals surface area (Å²) in [7, 11) is -7.36. The molecule has 1 saturated carbocycles. The van der Waals surface area contributed by atoms with E-state index in [1.165, 1.54) is 24.3 Å². The third-order valence-corrected chi connectivity index (χ3v) is 5.68. The van der Waals surface area contributed by atoms with E-state index in [0.29, 0.717) is 18.4 Å². The monoisotopic (exact) mass is 315 g/mol. The molecule has 1 fully saturated rings.